The van der Waals surface area contributed by atoms with Crippen molar-refractivity contribution in [3.05, 3.63) is 24.1 Å². The number of rotatable bonds is 6. The Hall–Kier alpha value is -2.57. The van der Waals surface area contributed by atoms with Crippen molar-refractivity contribution in [3.8, 4) is 22.9 Å². The van der Waals surface area contributed by atoms with E-state index in [1.54, 1.807) is 32.4 Å². The fourth-order valence-electron chi connectivity index (χ4n) is 2.30. The van der Waals surface area contributed by atoms with Gasteiger partial charge in [-0.1, -0.05) is 12.1 Å². The number of methoxy groups -OCH3 is 2. The highest BCUT2D eigenvalue weighted by Crippen LogP contribution is 2.38. The van der Waals surface area contributed by atoms with E-state index in [4.69, 9.17) is 18.7 Å². The van der Waals surface area contributed by atoms with Gasteiger partial charge in [-0.2, -0.15) is 4.98 Å². The first-order chi connectivity index (χ1) is 11.1. The van der Waals surface area contributed by atoms with Crippen molar-refractivity contribution in [2.45, 2.75) is 20.0 Å². The minimum Gasteiger partial charge on any atom is -0.497 e. The molecule has 1 aromatic carbocycles. The van der Waals surface area contributed by atoms with Gasteiger partial charge in [-0.05, 0) is 24.5 Å². The number of esters is 1. The quantitative estimate of drug-likeness (QED) is 0.756. The molecular weight excluding hydrogens is 300 g/mol. The minimum atomic E-state index is -0.209. The van der Waals surface area contributed by atoms with Gasteiger partial charge in [0.1, 0.15) is 11.5 Å². The van der Waals surface area contributed by atoms with Crippen LogP contribution < -0.4 is 9.47 Å². The second-order valence-electron chi connectivity index (χ2n) is 5.51. The molecule has 2 aromatic rings. The van der Waals surface area contributed by atoms with E-state index >= 15 is 0 Å². The van der Waals surface area contributed by atoms with Crippen molar-refractivity contribution < 1.29 is 23.5 Å². The van der Waals surface area contributed by atoms with Gasteiger partial charge in [-0.25, -0.2) is 0 Å². The summed E-state index contributed by atoms with van der Waals surface area (Å²) in [5.41, 5.74) is 0.672. The molecular formula is C16H18N2O5. The number of aromatic nitrogens is 2. The summed E-state index contributed by atoms with van der Waals surface area (Å²) in [6, 6.07) is 5.30. The normalized spacial score (nSPS) is 19.3. The van der Waals surface area contributed by atoms with Crippen molar-refractivity contribution >= 4 is 5.97 Å². The Balaban J connectivity index is 1.70. The molecule has 7 nitrogen and oxygen atoms in total. The Morgan fingerprint density at radius 2 is 2.13 bits per heavy atom. The first kappa shape index (κ1) is 15.3. The third-order valence-electron chi connectivity index (χ3n) is 3.87. The molecule has 0 unspecified atom stereocenters. The van der Waals surface area contributed by atoms with E-state index < -0.39 is 0 Å². The van der Waals surface area contributed by atoms with Crippen molar-refractivity contribution in [2.24, 2.45) is 11.8 Å². The zero-order chi connectivity index (χ0) is 16.4. The summed E-state index contributed by atoms with van der Waals surface area (Å²) in [6.45, 7) is 2.00. The molecule has 7 heteroatoms. The maximum absolute atomic E-state index is 11.7. The van der Waals surface area contributed by atoms with Gasteiger partial charge in [-0.3, -0.25) is 4.79 Å². The van der Waals surface area contributed by atoms with Crippen LogP contribution in [-0.2, 0) is 16.1 Å². The molecule has 1 saturated carbocycles. The molecule has 122 valence electrons. The van der Waals surface area contributed by atoms with Crippen molar-refractivity contribution in [1.82, 2.24) is 10.1 Å². The highest BCUT2D eigenvalue weighted by Gasteiger charge is 2.40. The third-order valence-corrected chi connectivity index (χ3v) is 3.87. The average molecular weight is 318 g/mol. The molecule has 23 heavy (non-hydrogen) atoms. The van der Waals surface area contributed by atoms with Gasteiger partial charge in [0.15, 0.2) is 6.61 Å². The summed E-state index contributed by atoms with van der Waals surface area (Å²) in [4.78, 5) is 15.9. The number of benzene rings is 1. The first-order valence-corrected chi connectivity index (χ1v) is 7.34. The maximum Gasteiger partial charge on any atom is 0.309 e. The molecule has 1 aliphatic carbocycles. The van der Waals surface area contributed by atoms with E-state index in [0.29, 0.717) is 28.8 Å². The predicted molar refractivity (Wildman–Crippen MR) is 79.9 cm³/mol. The summed E-state index contributed by atoms with van der Waals surface area (Å²) >= 11 is 0. The van der Waals surface area contributed by atoms with Crippen LogP contribution >= 0.6 is 0 Å². The number of carbonyl (C=O) groups excluding carboxylic acids is 1. The van der Waals surface area contributed by atoms with Crippen LogP contribution in [0.15, 0.2) is 22.7 Å². The molecule has 0 amide bonds. The van der Waals surface area contributed by atoms with Gasteiger partial charge in [0.05, 0.1) is 25.7 Å². The summed E-state index contributed by atoms with van der Waals surface area (Å²) in [5, 5.41) is 3.91. The fraction of sp³-hybridized carbons (Fsp3) is 0.438. The topological polar surface area (TPSA) is 83.7 Å². The minimum absolute atomic E-state index is 0.0130. The zero-order valence-corrected chi connectivity index (χ0v) is 13.2. The molecule has 0 radical (unpaired) electrons. The number of hydrogen-bond donors (Lipinski definition) is 0. The average Bonchev–Trinajstić information content (AvgIpc) is 3.12. The first-order valence-electron chi connectivity index (χ1n) is 7.34. The predicted octanol–water partition coefficient (Wildman–Crippen LogP) is 2.45. The molecule has 0 N–H and O–H groups in total. The van der Waals surface area contributed by atoms with E-state index in [-0.39, 0.29) is 24.4 Å². The highest BCUT2D eigenvalue weighted by molar-refractivity contribution is 5.75. The van der Waals surface area contributed by atoms with Gasteiger partial charge in [0.25, 0.3) is 5.89 Å². The van der Waals surface area contributed by atoms with Crippen molar-refractivity contribution in [2.75, 3.05) is 14.2 Å². The van der Waals surface area contributed by atoms with Crippen LogP contribution in [0.5, 0.6) is 11.5 Å². The molecule has 0 saturated heterocycles. The van der Waals surface area contributed by atoms with Gasteiger partial charge >= 0.3 is 5.97 Å². The van der Waals surface area contributed by atoms with Crippen LogP contribution in [0.1, 0.15) is 19.2 Å². The largest absolute Gasteiger partial charge is 0.497 e. The van der Waals surface area contributed by atoms with E-state index in [9.17, 15) is 4.79 Å². The maximum atomic E-state index is 11.7. The SMILES string of the molecule is COc1ccc(-c2noc(COC(=O)[C@@H]3C[C@H]3C)n2)c(OC)c1. The van der Waals surface area contributed by atoms with Gasteiger partial charge in [-0.15, -0.1) is 0 Å². The second kappa shape index (κ2) is 6.28. The zero-order valence-electron chi connectivity index (χ0n) is 13.2. The highest BCUT2D eigenvalue weighted by atomic mass is 16.6. The molecule has 1 heterocycles. The van der Waals surface area contributed by atoms with Gasteiger partial charge in [0.2, 0.25) is 5.82 Å². The lowest BCUT2D eigenvalue weighted by Crippen LogP contribution is -2.07. The molecule has 2 atom stereocenters. The van der Waals surface area contributed by atoms with E-state index in [1.165, 1.54) is 0 Å². The summed E-state index contributed by atoms with van der Waals surface area (Å²) in [6.07, 6.45) is 0.886. The second-order valence-corrected chi connectivity index (χ2v) is 5.51. The molecule has 1 fully saturated rings. The molecule has 1 aromatic heterocycles. The van der Waals surface area contributed by atoms with Crippen LogP contribution in [-0.4, -0.2) is 30.3 Å². The molecule has 0 bridgehead atoms. The molecule has 1 aliphatic rings. The van der Waals surface area contributed by atoms with Crippen LogP contribution in [0.3, 0.4) is 0 Å². The summed E-state index contributed by atoms with van der Waals surface area (Å²) < 4.78 is 20.8. The fourth-order valence-corrected chi connectivity index (χ4v) is 2.30. The van der Waals surface area contributed by atoms with Crippen molar-refractivity contribution in [1.29, 1.82) is 0 Å². The van der Waals surface area contributed by atoms with E-state index in [2.05, 4.69) is 10.1 Å². The Morgan fingerprint density at radius 3 is 2.78 bits per heavy atom. The summed E-state index contributed by atoms with van der Waals surface area (Å²) in [5.74, 6) is 2.07. The Morgan fingerprint density at radius 1 is 1.35 bits per heavy atom. The lowest BCUT2D eigenvalue weighted by Gasteiger charge is -2.07. The van der Waals surface area contributed by atoms with E-state index in [1.807, 2.05) is 6.92 Å². The number of carbonyl (C=O) groups is 1. The standard InChI is InChI=1S/C16H18N2O5/c1-9-6-12(9)16(19)22-8-14-17-15(18-23-14)11-5-4-10(20-2)7-13(11)21-3/h4-5,7,9,12H,6,8H2,1-3H3/t9-,12-/m1/s1. The van der Waals surface area contributed by atoms with Gasteiger partial charge < -0.3 is 18.7 Å². The van der Waals surface area contributed by atoms with Crippen LogP contribution in [0, 0.1) is 11.8 Å². The van der Waals surface area contributed by atoms with Gasteiger partial charge in [0, 0.05) is 6.07 Å². The molecule has 0 spiro atoms. The Kier molecular flexibility index (Phi) is 4.18. The Labute approximate surface area is 133 Å². The lowest BCUT2D eigenvalue weighted by atomic mass is 10.2. The molecule has 0 aliphatic heterocycles. The third kappa shape index (κ3) is 3.28. The number of ether oxygens (including phenoxy) is 3. The Bertz CT molecular complexity index is 712. The summed E-state index contributed by atoms with van der Waals surface area (Å²) in [7, 11) is 3.13. The lowest BCUT2D eigenvalue weighted by molar-refractivity contribution is -0.147. The number of nitrogens with zero attached hydrogens (tertiary/aromatic N) is 2. The van der Waals surface area contributed by atoms with Crippen molar-refractivity contribution in [3.63, 3.8) is 0 Å². The smallest absolute Gasteiger partial charge is 0.309 e. The van der Waals surface area contributed by atoms with Crippen LogP contribution in [0.2, 0.25) is 0 Å². The molecule has 3 rings (SSSR count). The van der Waals surface area contributed by atoms with E-state index in [0.717, 1.165) is 6.42 Å². The van der Waals surface area contributed by atoms with Crippen LogP contribution in [0.4, 0.5) is 0 Å². The monoisotopic (exact) mass is 318 g/mol. The number of hydrogen-bond acceptors (Lipinski definition) is 7. The van der Waals surface area contributed by atoms with Crippen LogP contribution in [0.25, 0.3) is 11.4 Å².